The lowest BCUT2D eigenvalue weighted by Gasteiger charge is -2.35. The SMILES string of the molecule is Cc1cn2nc(N3CCN(c4nccc(C(F)(F)F)n4)CC3)ccc2n1. The predicted octanol–water partition coefficient (Wildman–Crippen LogP) is 2.17. The average molecular weight is 363 g/mol. The van der Waals surface area contributed by atoms with Gasteiger partial charge in [-0.25, -0.2) is 19.5 Å². The number of anilines is 2. The van der Waals surface area contributed by atoms with Crippen molar-refractivity contribution < 1.29 is 13.2 Å². The molecule has 0 aromatic carbocycles. The Balaban J connectivity index is 1.48. The second-order valence-electron chi connectivity index (χ2n) is 6.09. The van der Waals surface area contributed by atoms with Crippen LogP contribution in [0.2, 0.25) is 0 Å². The molecule has 0 aliphatic carbocycles. The van der Waals surface area contributed by atoms with E-state index in [0.29, 0.717) is 26.2 Å². The summed E-state index contributed by atoms with van der Waals surface area (Å²) in [5, 5.41) is 4.55. The Hall–Kier alpha value is -2.91. The quantitative estimate of drug-likeness (QED) is 0.695. The predicted molar refractivity (Wildman–Crippen MR) is 89.2 cm³/mol. The van der Waals surface area contributed by atoms with Gasteiger partial charge in [-0.3, -0.25) is 0 Å². The van der Waals surface area contributed by atoms with Crippen molar-refractivity contribution in [2.24, 2.45) is 0 Å². The maximum Gasteiger partial charge on any atom is 0.433 e. The van der Waals surface area contributed by atoms with E-state index in [1.54, 1.807) is 9.42 Å². The van der Waals surface area contributed by atoms with Gasteiger partial charge >= 0.3 is 6.18 Å². The van der Waals surface area contributed by atoms with Crippen molar-refractivity contribution in [3.63, 3.8) is 0 Å². The molecule has 3 aromatic heterocycles. The first-order valence-corrected chi connectivity index (χ1v) is 8.13. The van der Waals surface area contributed by atoms with Gasteiger partial charge in [0.2, 0.25) is 5.95 Å². The van der Waals surface area contributed by atoms with Crippen LogP contribution in [-0.2, 0) is 6.18 Å². The minimum atomic E-state index is -4.47. The molecule has 1 saturated heterocycles. The van der Waals surface area contributed by atoms with Crippen molar-refractivity contribution in [2.45, 2.75) is 13.1 Å². The second-order valence-corrected chi connectivity index (χ2v) is 6.09. The molecular formula is C16H16F3N7. The molecule has 10 heteroatoms. The van der Waals surface area contributed by atoms with Gasteiger partial charge in [0.05, 0.1) is 11.9 Å². The number of aryl methyl sites for hydroxylation is 1. The highest BCUT2D eigenvalue weighted by Crippen LogP contribution is 2.28. The Morgan fingerprint density at radius 3 is 2.42 bits per heavy atom. The van der Waals surface area contributed by atoms with Gasteiger partial charge in [-0.15, -0.1) is 5.10 Å². The number of piperazine rings is 1. The fourth-order valence-electron chi connectivity index (χ4n) is 2.95. The molecule has 1 aliphatic rings. The largest absolute Gasteiger partial charge is 0.433 e. The number of nitrogens with zero attached hydrogens (tertiary/aromatic N) is 7. The van der Waals surface area contributed by atoms with E-state index in [-0.39, 0.29) is 5.95 Å². The second kappa shape index (κ2) is 6.11. The van der Waals surface area contributed by atoms with Crippen LogP contribution in [0, 0.1) is 6.92 Å². The minimum Gasteiger partial charge on any atom is -0.352 e. The molecule has 136 valence electrons. The Bertz CT molecular complexity index is 929. The van der Waals surface area contributed by atoms with Gasteiger partial charge in [0.25, 0.3) is 0 Å². The molecule has 0 unspecified atom stereocenters. The number of fused-ring (bicyclic) bond motifs is 1. The molecular weight excluding hydrogens is 347 g/mol. The van der Waals surface area contributed by atoms with E-state index in [1.807, 2.05) is 25.3 Å². The zero-order valence-electron chi connectivity index (χ0n) is 14.0. The molecule has 4 rings (SSSR count). The smallest absolute Gasteiger partial charge is 0.352 e. The molecule has 0 saturated carbocycles. The minimum absolute atomic E-state index is 0.105. The molecule has 0 atom stereocenters. The molecule has 7 nitrogen and oxygen atoms in total. The molecule has 0 radical (unpaired) electrons. The lowest BCUT2D eigenvalue weighted by Crippen LogP contribution is -2.47. The lowest BCUT2D eigenvalue weighted by atomic mass is 10.3. The van der Waals surface area contributed by atoms with Gasteiger partial charge in [-0.2, -0.15) is 13.2 Å². The molecule has 3 aromatic rings. The van der Waals surface area contributed by atoms with Crippen molar-refractivity contribution in [3.8, 4) is 0 Å². The zero-order valence-corrected chi connectivity index (χ0v) is 14.0. The summed E-state index contributed by atoms with van der Waals surface area (Å²) in [5.74, 6) is 0.910. The van der Waals surface area contributed by atoms with E-state index >= 15 is 0 Å². The van der Waals surface area contributed by atoms with Crippen LogP contribution in [0.1, 0.15) is 11.4 Å². The standard InChI is InChI=1S/C16H16F3N7/c1-11-10-26-13(21-11)2-3-14(23-26)24-6-8-25(9-7-24)15-20-5-4-12(22-15)16(17,18)19/h2-5,10H,6-9H2,1H3. The van der Waals surface area contributed by atoms with E-state index in [4.69, 9.17) is 0 Å². The number of hydrogen-bond donors (Lipinski definition) is 0. The van der Waals surface area contributed by atoms with Crippen LogP contribution in [0.25, 0.3) is 5.65 Å². The summed E-state index contributed by atoms with van der Waals surface area (Å²) < 4.78 is 40.2. The van der Waals surface area contributed by atoms with Crippen molar-refractivity contribution in [1.29, 1.82) is 0 Å². The molecule has 4 heterocycles. The van der Waals surface area contributed by atoms with E-state index < -0.39 is 11.9 Å². The van der Waals surface area contributed by atoms with Gasteiger partial charge in [-0.05, 0) is 25.1 Å². The Morgan fingerprint density at radius 1 is 0.962 bits per heavy atom. The van der Waals surface area contributed by atoms with Crippen LogP contribution in [0.15, 0.2) is 30.6 Å². The third kappa shape index (κ3) is 3.14. The summed E-state index contributed by atoms with van der Waals surface area (Å²) in [6, 6.07) is 4.68. The summed E-state index contributed by atoms with van der Waals surface area (Å²) in [6.07, 6.45) is -1.47. The van der Waals surface area contributed by atoms with Gasteiger partial charge in [0.1, 0.15) is 11.5 Å². The van der Waals surface area contributed by atoms with Gasteiger partial charge in [0.15, 0.2) is 5.65 Å². The maximum absolute atomic E-state index is 12.8. The van der Waals surface area contributed by atoms with Crippen LogP contribution < -0.4 is 9.80 Å². The first-order chi connectivity index (χ1) is 12.4. The Morgan fingerprint density at radius 2 is 1.69 bits per heavy atom. The summed E-state index contributed by atoms with van der Waals surface area (Å²) in [6.45, 7) is 4.17. The zero-order chi connectivity index (χ0) is 18.3. The number of hydrogen-bond acceptors (Lipinski definition) is 6. The highest BCUT2D eigenvalue weighted by Gasteiger charge is 2.33. The molecule has 0 bridgehead atoms. The summed E-state index contributed by atoms with van der Waals surface area (Å²) in [5.41, 5.74) is 0.746. The summed E-state index contributed by atoms with van der Waals surface area (Å²) in [7, 11) is 0. The van der Waals surface area contributed by atoms with E-state index in [0.717, 1.165) is 29.4 Å². The molecule has 1 fully saturated rings. The topological polar surface area (TPSA) is 62.5 Å². The fraction of sp³-hybridized carbons (Fsp3) is 0.375. The van der Waals surface area contributed by atoms with E-state index in [2.05, 4.69) is 25.0 Å². The molecule has 0 N–H and O–H groups in total. The average Bonchev–Trinajstić information content (AvgIpc) is 3.00. The number of halogens is 3. The van der Waals surface area contributed by atoms with Gasteiger partial charge in [0, 0.05) is 32.4 Å². The summed E-state index contributed by atoms with van der Waals surface area (Å²) in [4.78, 5) is 15.8. The Labute approximate surface area is 147 Å². The van der Waals surface area contributed by atoms with Crippen LogP contribution in [-0.4, -0.2) is 50.7 Å². The first-order valence-electron chi connectivity index (χ1n) is 8.13. The Kier molecular flexibility index (Phi) is 3.89. The van der Waals surface area contributed by atoms with Crippen LogP contribution >= 0.6 is 0 Å². The third-order valence-electron chi connectivity index (χ3n) is 4.25. The van der Waals surface area contributed by atoms with E-state index in [1.165, 1.54) is 0 Å². The van der Waals surface area contributed by atoms with Crippen LogP contribution in [0.4, 0.5) is 24.9 Å². The third-order valence-corrected chi connectivity index (χ3v) is 4.25. The van der Waals surface area contributed by atoms with Crippen molar-refractivity contribution in [2.75, 3.05) is 36.0 Å². The van der Waals surface area contributed by atoms with Crippen molar-refractivity contribution in [1.82, 2.24) is 24.6 Å². The maximum atomic E-state index is 12.8. The summed E-state index contributed by atoms with van der Waals surface area (Å²) >= 11 is 0. The normalized spacial score (nSPS) is 15.7. The van der Waals surface area contributed by atoms with Gasteiger partial charge < -0.3 is 9.80 Å². The lowest BCUT2D eigenvalue weighted by molar-refractivity contribution is -0.141. The molecule has 26 heavy (non-hydrogen) atoms. The fourth-order valence-corrected chi connectivity index (χ4v) is 2.95. The number of aromatic nitrogens is 5. The van der Waals surface area contributed by atoms with Crippen LogP contribution in [0.5, 0.6) is 0 Å². The van der Waals surface area contributed by atoms with Gasteiger partial charge in [-0.1, -0.05) is 0 Å². The number of rotatable bonds is 2. The van der Waals surface area contributed by atoms with Crippen molar-refractivity contribution in [3.05, 3.63) is 42.0 Å². The van der Waals surface area contributed by atoms with E-state index in [9.17, 15) is 13.2 Å². The first kappa shape index (κ1) is 16.6. The molecule has 0 spiro atoms. The number of imidazole rings is 1. The molecule has 0 amide bonds. The monoisotopic (exact) mass is 363 g/mol. The van der Waals surface area contributed by atoms with Crippen LogP contribution in [0.3, 0.4) is 0 Å². The highest BCUT2D eigenvalue weighted by atomic mass is 19.4. The molecule has 1 aliphatic heterocycles. The highest BCUT2D eigenvalue weighted by molar-refractivity contribution is 5.48. The number of alkyl halides is 3. The van der Waals surface area contributed by atoms with Crippen molar-refractivity contribution >= 4 is 17.4 Å².